The molecule has 22 nitrogen and oxygen atoms in total. The summed E-state index contributed by atoms with van der Waals surface area (Å²) in [7, 11) is 0. The van der Waals surface area contributed by atoms with E-state index in [9.17, 15) is 28.8 Å². The van der Waals surface area contributed by atoms with Gasteiger partial charge in [0.15, 0.2) is 5.78 Å². The standard InChI is InChI=1S/C62H81N9O13/c1-45(2)59(69-56(73)21-30-78-33-35-80-37-38-81-36-34-79-31-24-70-57(74)18-19-58(70)75)54(72)41-49(11-8-22-64-61(63)77)60(76)66-51-14-12-46(13-15-51)42-71(25-3-4-26-71)27-32-84-55-17-16-52-40-50(55)44-83-29-6-5-28-82-43-47-9-7-10-48(39-47)53-20-23-65-62(67-52)68-53/h5-7,9-10,12-20,23,39-40,45,49,59H,3-4,8,11,21-22,24-38,41-44H2,1-2H3,(H5-,63,64,65,66,67,68,69,73,76,77)/p+1/b6-5+/t49-,59+/m1/s1. The normalized spacial score (nSPS) is 16.1. The van der Waals surface area contributed by atoms with Gasteiger partial charge in [0.1, 0.15) is 25.4 Å². The van der Waals surface area contributed by atoms with E-state index in [0.717, 1.165) is 87.8 Å². The number of ketones is 1. The number of aromatic nitrogens is 2. The van der Waals surface area contributed by atoms with Crippen LogP contribution in [0.3, 0.4) is 0 Å². The number of Topliss-reactive ketones (excluding diaryl/α,β-unsaturated/α-hetero) is 1. The Balaban J connectivity index is 0.853. The molecule has 7 rings (SSSR count). The summed E-state index contributed by atoms with van der Waals surface area (Å²) in [6.07, 6.45) is 10.9. The largest absolute Gasteiger partial charge is 0.487 e. The molecule has 2 atom stereocenters. The molecule has 452 valence electrons. The number of nitrogens with zero attached hydrogens (tertiary/aromatic N) is 4. The van der Waals surface area contributed by atoms with Crippen molar-refractivity contribution in [2.24, 2.45) is 17.6 Å². The Hall–Kier alpha value is -7.44. The molecule has 84 heavy (non-hydrogen) atoms. The molecule has 1 aromatic heterocycles. The van der Waals surface area contributed by atoms with Crippen molar-refractivity contribution < 1.29 is 66.4 Å². The van der Waals surface area contributed by atoms with Crippen molar-refractivity contribution in [1.82, 2.24) is 25.5 Å². The lowest BCUT2D eigenvalue weighted by Gasteiger charge is -2.34. The average molecular weight is 1160 g/mol. The van der Waals surface area contributed by atoms with Crippen LogP contribution in [-0.4, -0.2) is 166 Å². The summed E-state index contributed by atoms with van der Waals surface area (Å²) in [5.74, 6) is -1.46. The van der Waals surface area contributed by atoms with Gasteiger partial charge in [0, 0.05) is 84.6 Å². The van der Waals surface area contributed by atoms with Gasteiger partial charge in [-0.3, -0.25) is 28.9 Å². The minimum absolute atomic E-state index is 0.0195. The van der Waals surface area contributed by atoms with Crippen molar-refractivity contribution in [2.45, 2.75) is 78.2 Å². The van der Waals surface area contributed by atoms with Gasteiger partial charge in [-0.15, -0.1) is 0 Å². The van der Waals surface area contributed by atoms with E-state index >= 15 is 0 Å². The van der Waals surface area contributed by atoms with Gasteiger partial charge in [0.05, 0.1) is 111 Å². The Kier molecular flexibility index (Phi) is 26.2. The number of fused-ring (bicyclic) bond motifs is 7. The Morgan fingerprint density at radius 2 is 1.49 bits per heavy atom. The molecule has 3 aliphatic heterocycles. The number of carbonyl (C=O) groups excluding carboxylic acids is 6. The molecule has 6 N–H and O–H groups in total. The van der Waals surface area contributed by atoms with Gasteiger partial charge in [0.25, 0.3) is 11.8 Å². The molecular weight excluding hydrogens is 1080 g/mol. The molecule has 0 radical (unpaired) electrons. The fraction of sp³-hybridized carbons (Fsp3) is 0.484. The maximum atomic E-state index is 14.0. The molecular formula is C62H82N9O13+. The smallest absolute Gasteiger partial charge is 0.312 e. The van der Waals surface area contributed by atoms with E-state index in [1.807, 2.05) is 92.7 Å². The molecule has 1 saturated heterocycles. The van der Waals surface area contributed by atoms with Crippen molar-refractivity contribution in [2.75, 3.05) is 116 Å². The number of urea groups is 1. The van der Waals surface area contributed by atoms with Crippen molar-refractivity contribution in [3.63, 3.8) is 0 Å². The number of hydrogen-bond donors (Lipinski definition) is 5. The minimum Gasteiger partial charge on any atom is -0.487 e. The highest BCUT2D eigenvalue weighted by atomic mass is 16.6. The second-order valence-corrected chi connectivity index (χ2v) is 21.3. The Morgan fingerprint density at radius 1 is 0.798 bits per heavy atom. The molecule has 1 fully saturated rings. The Bertz CT molecular complexity index is 2820. The number of nitrogens with two attached hydrogens (primary N) is 1. The average Bonchev–Trinajstić information content (AvgIpc) is 4.24. The summed E-state index contributed by atoms with van der Waals surface area (Å²) in [6.45, 7) is 12.0. The van der Waals surface area contributed by atoms with Crippen LogP contribution in [0.2, 0.25) is 0 Å². The van der Waals surface area contributed by atoms with Crippen LogP contribution in [0.5, 0.6) is 5.75 Å². The SMILES string of the molecule is CC(C)[C@H](NC(=O)CCOCCOCCOCCOCCN1C(=O)C=CC1=O)C(=O)C[C@@H](CCCNC(N)=O)C(=O)Nc1ccc(C[N+]2(CCOc3ccc4cc3COC/C=C/COCc3cccc(c3)-c3ccnc(n3)N4)CCCC2)cc1. The summed E-state index contributed by atoms with van der Waals surface area (Å²) in [5, 5.41) is 11.8. The number of imide groups is 1. The summed E-state index contributed by atoms with van der Waals surface area (Å²) in [5.41, 5.74) is 11.5. The first-order chi connectivity index (χ1) is 40.8. The van der Waals surface area contributed by atoms with E-state index in [1.54, 1.807) is 6.20 Å². The predicted molar refractivity (Wildman–Crippen MR) is 314 cm³/mol. The summed E-state index contributed by atoms with van der Waals surface area (Å²) in [4.78, 5) is 85.9. The van der Waals surface area contributed by atoms with E-state index in [-0.39, 0.29) is 87.7 Å². The lowest BCUT2D eigenvalue weighted by molar-refractivity contribution is -0.929. The van der Waals surface area contributed by atoms with Gasteiger partial charge in [-0.1, -0.05) is 56.3 Å². The van der Waals surface area contributed by atoms with Crippen LogP contribution in [0.4, 0.5) is 22.1 Å². The number of amides is 6. The molecule has 0 aliphatic carbocycles. The predicted octanol–water partition coefficient (Wildman–Crippen LogP) is 6.16. The second kappa shape index (κ2) is 34.4. The monoisotopic (exact) mass is 1160 g/mol. The maximum absolute atomic E-state index is 14.0. The number of ether oxygens (including phenoxy) is 7. The lowest BCUT2D eigenvalue weighted by Crippen LogP contribution is -2.47. The third-order valence-electron chi connectivity index (χ3n) is 14.5. The van der Waals surface area contributed by atoms with E-state index in [0.29, 0.717) is 83.9 Å². The van der Waals surface area contributed by atoms with Gasteiger partial charge in [-0.05, 0) is 66.8 Å². The van der Waals surface area contributed by atoms with Gasteiger partial charge in [-0.2, -0.15) is 0 Å². The minimum atomic E-state index is -0.837. The van der Waals surface area contributed by atoms with Crippen LogP contribution >= 0.6 is 0 Å². The van der Waals surface area contributed by atoms with Gasteiger partial charge in [0.2, 0.25) is 17.8 Å². The van der Waals surface area contributed by atoms with Crippen molar-refractivity contribution in [3.8, 4) is 17.0 Å². The quantitative estimate of drug-likeness (QED) is 0.0158. The number of benzene rings is 3. The summed E-state index contributed by atoms with van der Waals surface area (Å²) >= 11 is 0. The summed E-state index contributed by atoms with van der Waals surface area (Å²) < 4.78 is 41.4. The molecule has 0 spiro atoms. The van der Waals surface area contributed by atoms with E-state index < -0.39 is 18.0 Å². The number of hydrogen-bond acceptors (Lipinski definition) is 16. The molecule has 22 heteroatoms. The molecule has 4 heterocycles. The zero-order valence-electron chi connectivity index (χ0n) is 48.4. The van der Waals surface area contributed by atoms with E-state index in [4.69, 9.17) is 43.9 Å². The number of primary amides is 1. The molecule has 3 aromatic carbocycles. The number of carbonyl (C=O) groups is 6. The first-order valence-corrected chi connectivity index (χ1v) is 29.0. The topological polar surface area (TPSA) is 270 Å². The Labute approximate surface area is 491 Å². The Morgan fingerprint density at radius 3 is 2.19 bits per heavy atom. The lowest BCUT2D eigenvalue weighted by atomic mass is 9.89. The first-order valence-electron chi connectivity index (χ1n) is 29.0. The molecule has 0 unspecified atom stereocenters. The maximum Gasteiger partial charge on any atom is 0.312 e. The highest BCUT2D eigenvalue weighted by molar-refractivity contribution is 6.12. The van der Waals surface area contributed by atoms with Crippen LogP contribution in [0, 0.1) is 11.8 Å². The first kappa shape index (κ1) is 64.1. The van der Waals surface area contributed by atoms with Gasteiger partial charge in [-0.25, -0.2) is 14.8 Å². The number of quaternary nitrogens is 1. The van der Waals surface area contributed by atoms with Crippen molar-refractivity contribution in [3.05, 3.63) is 120 Å². The zero-order chi connectivity index (χ0) is 59.4. The van der Waals surface area contributed by atoms with E-state index in [1.165, 1.54) is 12.2 Å². The van der Waals surface area contributed by atoms with Crippen LogP contribution < -0.4 is 31.7 Å². The molecule has 6 amide bonds. The van der Waals surface area contributed by atoms with Gasteiger partial charge >= 0.3 is 6.03 Å². The molecule has 0 saturated carbocycles. The zero-order valence-corrected chi connectivity index (χ0v) is 48.4. The number of anilines is 3. The third-order valence-corrected chi connectivity index (χ3v) is 14.5. The van der Waals surface area contributed by atoms with Crippen LogP contribution in [0.25, 0.3) is 11.3 Å². The molecule has 6 bridgehead atoms. The van der Waals surface area contributed by atoms with Gasteiger partial charge < -0.3 is 64.6 Å². The molecule has 3 aliphatic rings. The van der Waals surface area contributed by atoms with Crippen LogP contribution in [-0.2, 0) is 72.2 Å². The van der Waals surface area contributed by atoms with E-state index in [2.05, 4.69) is 32.3 Å². The highest BCUT2D eigenvalue weighted by Crippen LogP contribution is 2.29. The summed E-state index contributed by atoms with van der Waals surface area (Å²) in [6, 6.07) is 22.3. The highest BCUT2D eigenvalue weighted by Gasteiger charge is 2.33. The fourth-order valence-electron chi connectivity index (χ4n) is 10.1. The van der Waals surface area contributed by atoms with Crippen LogP contribution in [0.15, 0.2) is 103 Å². The molecule has 4 aromatic rings. The van der Waals surface area contributed by atoms with Crippen molar-refractivity contribution >= 4 is 52.8 Å². The number of nitrogens with one attached hydrogen (secondary N) is 4. The third kappa shape index (κ3) is 21.6. The fourth-order valence-corrected chi connectivity index (χ4v) is 10.1. The van der Waals surface area contributed by atoms with Crippen LogP contribution in [0.1, 0.15) is 69.1 Å². The second-order valence-electron chi connectivity index (χ2n) is 21.3. The van der Waals surface area contributed by atoms with Crippen molar-refractivity contribution in [1.29, 1.82) is 0 Å². The number of rotatable bonds is 32. The number of likely N-dealkylation sites (tertiary alicyclic amines) is 1.